The van der Waals surface area contributed by atoms with Crippen LogP contribution in [-0.2, 0) is 10.0 Å². The van der Waals surface area contributed by atoms with E-state index in [1.165, 1.54) is 10.2 Å². The van der Waals surface area contributed by atoms with E-state index in [4.69, 9.17) is 11.6 Å². The molecule has 0 bridgehead atoms. The van der Waals surface area contributed by atoms with Crippen molar-refractivity contribution < 1.29 is 8.42 Å². The molecule has 20 heavy (non-hydrogen) atoms. The van der Waals surface area contributed by atoms with Crippen molar-refractivity contribution in [1.29, 1.82) is 0 Å². The van der Waals surface area contributed by atoms with E-state index < -0.39 is 10.0 Å². The number of benzene rings is 1. The molecule has 1 aromatic carbocycles. The van der Waals surface area contributed by atoms with Crippen molar-refractivity contribution in [3.05, 3.63) is 51.6 Å². The van der Waals surface area contributed by atoms with Gasteiger partial charge in [0.15, 0.2) is 5.65 Å². The summed E-state index contributed by atoms with van der Waals surface area (Å²) in [5.74, 6) is 0. The van der Waals surface area contributed by atoms with Crippen LogP contribution in [0.15, 0.2) is 47.5 Å². The minimum atomic E-state index is -3.71. The topological polar surface area (TPSA) is 64.8 Å². The Morgan fingerprint density at radius 3 is 2.60 bits per heavy atom. The second-order valence-electron chi connectivity index (χ2n) is 3.97. The summed E-state index contributed by atoms with van der Waals surface area (Å²) < 4.78 is 27.1. The van der Waals surface area contributed by atoms with E-state index in [1.54, 1.807) is 36.4 Å². The maximum Gasteiger partial charge on any atom is 0.270 e. The zero-order chi connectivity index (χ0) is 14.3. The van der Waals surface area contributed by atoms with Gasteiger partial charge in [-0.15, -0.1) is 0 Å². The van der Waals surface area contributed by atoms with Gasteiger partial charge in [-0.05, 0) is 52.4 Å². The maximum absolute atomic E-state index is 12.7. The number of nitrogens with zero attached hydrogens (tertiary/aromatic N) is 3. The van der Waals surface area contributed by atoms with Gasteiger partial charge in [0.25, 0.3) is 10.0 Å². The number of hydrogen-bond donors (Lipinski definition) is 0. The van der Waals surface area contributed by atoms with Crippen molar-refractivity contribution in [3.63, 3.8) is 0 Å². The summed E-state index contributed by atoms with van der Waals surface area (Å²) in [5.41, 5.74) is 0.276. The van der Waals surface area contributed by atoms with Gasteiger partial charge in [-0.3, -0.25) is 0 Å². The van der Waals surface area contributed by atoms with E-state index >= 15 is 0 Å². The maximum atomic E-state index is 12.7. The Balaban J connectivity index is 2.35. The Morgan fingerprint density at radius 1 is 1.20 bits per heavy atom. The monoisotopic (exact) mass is 419 g/mol. The first-order chi connectivity index (χ1) is 9.50. The van der Waals surface area contributed by atoms with Crippen LogP contribution in [0, 0.1) is 3.70 Å². The van der Waals surface area contributed by atoms with Crippen molar-refractivity contribution in [1.82, 2.24) is 13.9 Å². The van der Waals surface area contributed by atoms with Crippen molar-refractivity contribution >= 4 is 55.2 Å². The average molecular weight is 420 g/mol. The third kappa shape index (κ3) is 2.19. The summed E-state index contributed by atoms with van der Waals surface area (Å²) in [7, 11) is -3.71. The Morgan fingerprint density at radius 2 is 1.90 bits per heavy atom. The van der Waals surface area contributed by atoms with Crippen LogP contribution in [0.25, 0.3) is 11.0 Å². The molecule has 102 valence electrons. The van der Waals surface area contributed by atoms with Crippen molar-refractivity contribution in [2.45, 2.75) is 4.90 Å². The summed E-state index contributed by atoms with van der Waals surface area (Å²) in [6.45, 7) is 0. The molecule has 2 aromatic heterocycles. The fraction of sp³-hybridized carbons (Fsp3) is 0. The molecule has 0 atom stereocenters. The van der Waals surface area contributed by atoms with E-state index in [-0.39, 0.29) is 15.8 Å². The zero-order valence-electron chi connectivity index (χ0n) is 9.86. The van der Waals surface area contributed by atoms with Crippen LogP contribution in [0.2, 0.25) is 5.28 Å². The van der Waals surface area contributed by atoms with Gasteiger partial charge in [-0.1, -0.05) is 18.2 Å². The highest BCUT2D eigenvalue weighted by atomic mass is 127. The molecule has 0 aliphatic heterocycles. The van der Waals surface area contributed by atoms with Crippen LogP contribution >= 0.6 is 34.2 Å². The fourth-order valence-corrected chi connectivity index (χ4v) is 4.68. The van der Waals surface area contributed by atoms with E-state index in [0.717, 1.165) is 0 Å². The highest BCUT2D eigenvalue weighted by Gasteiger charge is 2.23. The van der Waals surface area contributed by atoms with Gasteiger partial charge in [0.2, 0.25) is 5.28 Å². The highest BCUT2D eigenvalue weighted by molar-refractivity contribution is 14.1. The minimum Gasteiger partial charge on any atom is -0.226 e. The molecule has 0 unspecified atom stereocenters. The van der Waals surface area contributed by atoms with Crippen LogP contribution in [0.3, 0.4) is 0 Å². The third-order valence-corrected chi connectivity index (χ3v) is 5.73. The fourth-order valence-electron chi connectivity index (χ4n) is 1.84. The molecule has 0 aliphatic carbocycles. The second kappa shape index (κ2) is 4.97. The van der Waals surface area contributed by atoms with Crippen molar-refractivity contribution in [3.8, 4) is 0 Å². The summed E-state index contributed by atoms with van der Waals surface area (Å²) in [6, 6.07) is 9.89. The number of halogens is 2. The summed E-state index contributed by atoms with van der Waals surface area (Å²) in [5, 5.41) is 0.634. The molecule has 8 heteroatoms. The smallest absolute Gasteiger partial charge is 0.226 e. The predicted molar refractivity (Wildman–Crippen MR) is 84.3 cm³/mol. The minimum absolute atomic E-state index is 0.0107. The van der Waals surface area contributed by atoms with Crippen LogP contribution in [0.1, 0.15) is 0 Å². The van der Waals surface area contributed by atoms with Crippen molar-refractivity contribution in [2.75, 3.05) is 0 Å². The second-order valence-corrected chi connectivity index (χ2v) is 7.20. The zero-order valence-corrected chi connectivity index (χ0v) is 13.6. The van der Waals surface area contributed by atoms with Crippen molar-refractivity contribution in [2.24, 2.45) is 0 Å². The first-order valence-electron chi connectivity index (χ1n) is 5.50. The molecule has 0 saturated carbocycles. The predicted octanol–water partition coefficient (Wildman–Crippen LogP) is 2.93. The third-order valence-electron chi connectivity index (χ3n) is 2.71. The van der Waals surface area contributed by atoms with Gasteiger partial charge in [0, 0.05) is 11.6 Å². The quantitative estimate of drug-likeness (QED) is 0.473. The first-order valence-corrected chi connectivity index (χ1v) is 8.40. The van der Waals surface area contributed by atoms with Crippen LogP contribution < -0.4 is 0 Å². The number of rotatable bonds is 2. The first kappa shape index (κ1) is 13.8. The molecular formula is C12H7ClIN3O2S. The molecule has 0 fully saturated rings. The number of aromatic nitrogens is 3. The largest absolute Gasteiger partial charge is 0.270 e. The lowest BCUT2D eigenvalue weighted by Gasteiger charge is -2.08. The van der Waals surface area contributed by atoms with Crippen LogP contribution in [0.4, 0.5) is 0 Å². The van der Waals surface area contributed by atoms with E-state index in [0.29, 0.717) is 9.09 Å². The Kier molecular flexibility index (Phi) is 3.43. The molecule has 5 nitrogen and oxygen atoms in total. The summed E-state index contributed by atoms with van der Waals surface area (Å²) in [4.78, 5) is 8.08. The lowest BCUT2D eigenvalue weighted by Crippen LogP contribution is -2.15. The van der Waals surface area contributed by atoms with E-state index in [9.17, 15) is 8.42 Å². The van der Waals surface area contributed by atoms with E-state index in [1.807, 2.05) is 22.6 Å². The molecule has 2 heterocycles. The Bertz CT molecular complexity index is 894. The van der Waals surface area contributed by atoms with Gasteiger partial charge in [0.1, 0.15) is 0 Å². The van der Waals surface area contributed by atoms with Gasteiger partial charge in [-0.2, -0.15) is 4.98 Å². The highest BCUT2D eigenvalue weighted by Crippen LogP contribution is 2.25. The summed E-state index contributed by atoms with van der Waals surface area (Å²) >= 11 is 7.71. The molecule has 0 saturated heterocycles. The molecule has 0 radical (unpaired) electrons. The lowest BCUT2D eigenvalue weighted by atomic mass is 10.4. The standard InChI is InChI=1S/C12H7ClIN3O2S/c13-12-15-7-8-6-10(14)17(11(8)16-12)20(18,19)9-4-2-1-3-5-9/h1-7H. The number of hydrogen-bond acceptors (Lipinski definition) is 4. The normalized spacial score (nSPS) is 11.9. The van der Waals surface area contributed by atoms with Crippen LogP contribution in [-0.4, -0.2) is 22.4 Å². The number of fused-ring (bicyclic) bond motifs is 1. The molecule has 0 amide bonds. The lowest BCUT2D eigenvalue weighted by molar-refractivity contribution is 0.588. The van der Waals surface area contributed by atoms with Gasteiger partial charge in [-0.25, -0.2) is 17.4 Å². The molecular weight excluding hydrogens is 413 g/mol. The van der Waals surface area contributed by atoms with Gasteiger partial charge in [0.05, 0.1) is 8.60 Å². The molecule has 0 spiro atoms. The Labute approximate surface area is 133 Å². The molecule has 0 aliphatic rings. The van der Waals surface area contributed by atoms with E-state index in [2.05, 4.69) is 9.97 Å². The summed E-state index contributed by atoms with van der Waals surface area (Å²) in [6.07, 6.45) is 1.50. The SMILES string of the molecule is O=S(=O)(c1ccccc1)n1c(I)cc2cnc(Cl)nc21. The average Bonchev–Trinajstić information content (AvgIpc) is 2.75. The van der Waals surface area contributed by atoms with Gasteiger partial charge >= 0.3 is 0 Å². The molecule has 3 aromatic rings. The molecule has 3 rings (SSSR count). The molecule has 0 N–H and O–H groups in total. The van der Waals surface area contributed by atoms with Gasteiger partial charge < -0.3 is 0 Å². The Hall–Kier alpha value is -1.19. The van der Waals surface area contributed by atoms with Crippen LogP contribution in [0.5, 0.6) is 0 Å².